The largest absolute Gasteiger partial charge is 0.504 e. The first-order chi connectivity index (χ1) is 11.0. The van der Waals surface area contributed by atoms with Gasteiger partial charge in [0.25, 0.3) is 0 Å². The summed E-state index contributed by atoms with van der Waals surface area (Å²) in [5.74, 6) is -0.0208. The van der Waals surface area contributed by atoms with Crippen LogP contribution in [0.25, 0.3) is 0 Å². The molecule has 0 unspecified atom stereocenters. The fourth-order valence-electron chi connectivity index (χ4n) is 1.39. The van der Waals surface area contributed by atoms with Crippen LogP contribution in [0.15, 0.2) is 22.3 Å². The summed E-state index contributed by atoms with van der Waals surface area (Å²) in [4.78, 5) is 21.8. The van der Waals surface area contributed by atoms with Crippen molar-refractivity contribution in [2.75, 3.05) is 21.3 Å². The lowest BCUT2D eigenvalue weighted by molar-refractivity contribution is 0.170. The van der Waals surface area contributed by atoms with E-state index in [0.29, 0.717) is 5.56 Å². The van der Waals surface area contributed by atoms with Crippen molar-refractivity contribution in [3.8, 4) is 11.5 Å². The van der Waals surface area contributed by atoms with Crippen molar-refractivity contribution in [1.29, 1.82) is 0 Å². The van der Waals surface area contributed by atoms with Crippen LogP contribution in [-0.2, 0) is 9.47 Å². The number of nitrogens with zero attached hydrogens (tertiary/aromatic N) is 2. The van der Waals surface area contributed by atoms with Crippen molar-refractivity contribution in [2.45, 2.75) is 0 Å². The number of benzene rings is 1. The highest BCUT2D eigenvalue weighted by Gasteiger charge is 2.09. The van der Waals surface area contributed by atoms with Gasteiger partial charge in [0, 0.05) is 5.56 Å². The maximum Gasteiger partial charge on any atom is 0.427 e. The molecule has 1 aromatic carbocycles. The predicted molar refractivity (Wildman–Crippen MR) is 80.9 cm³/mol. The molecule has 0 spiro atoms. The average Bonchev–Trinajstić information content (AvgIpc) is 2.56. The van der Waals surface area contributed by atoms with Gasteiger partial charge in [-0.05, 0) is 17.7 Å². The number of ether oxygens (including phenoxy) is 3. The second-order valence-corrected chi connectivity index (χ2v) is 3.88. The quantitative estimate of drug-likeness (QED) is 0.542. The summed E-state index contributed by atoms with van der Waals surface area (Å²) in [5, 5.41) is 17.3. The van der Waals surface area contributed by atoms with Crippen molar-refractivity contribution in [3.05, 3.63) is 23.3 Å². The first kappa shape index (κ1) is 17.8. The summed E-state index contributed by atoms with van der Waals surface area (Å²) >= 11 is 0. The summed E-state index contributed by atoms with van der Waals surface area (Å²) in [6.07, 6.45) is 1.02. The Labute approximate surface area is 131 Å². The van der Waals surface area contributed by atoms with Gasteiger partial charge in [0.2, 0.25) is 0 Å². The predicted octanol–water partition coefficient (Wildman–Crippen LogP) is 0.781. The fourth-order valence-corrected chi connectivity index (χ4v) is 1.39. The molecule has 10 nitrogen and oxygen atoms in total. The van der Waals surface area contributed by atoms with Gasteiger partial charge in [-0.2, -0.15) is 10.2 Å². The Balaban J connectivity index is 2.98. The van der Waals surface area contributed by atoms with Crippen molar-refractivity contribution in [2.24, 2.45) is 10.2 Å². The number of nitrogens with one attached hydrogen (secondary N) is 2. The lowest BCUT2D eigenvalue weighted by Gasteiger charge is -2.07. The molecule has 2 amide bonds. The van der Waals surface area contributed by atoms with Gasteiger partial charge in [-0.25, -0.2) is 20.4 Å². The summed E-state index contributed by atoms with van der Waals surface area (Å²) in [5.41, 5.74) is 4.94. The molecule has 0 fully saturated rings. The Morgan fingerprint density at radius 3 is 2.13 bits per heavy atom. The number of carbonyl (C=O) groups is 2. The molecule has 0 saturated carbocycles. The standard InChI is InChI=1S/C13H16N4O6/c1-21-10-5-8(6-14-16-12(19)22-2)4-9(11(10)18)7-15-17-13(20)23-3/h4-7,18H,1-3H3,(H,16,19)(H,17,20)/b14-6?,15-7+. The minimum absolute atomic E-state index is 0.159. The van der Waals surface area contributed by atoms with Crippen molar-refractivity contribution >= 4 is 24.6 Å². The van der Waals surface area contributed by atoms with Gasteiger partial charge in [-0.3, -0.25) is 0 Å². The van der Waals surface area contributed by atoms with Gasteiger partial charge in [-0.15, -0.1) is 0 Å². The highest BCUT2D eigenvalue weighted by molar-refractivity contribution is 5.91. The number of carbonyl (C=O) groups excluding carboxylic acids is 2. The second-order valence-electron chi connectivity index (χ2n) is 3.88. The number of hydrazone groups is 2. The number of aromatic hydroxyl groups is 1. The van der Waals surface area contributed by atoms with Crippen LogP contribution in [0, 0.1) is 0 Å². The molecule has 0 heterocycles. The first-order valence-electron chi connectivity index (χ1n) is 6.16. The lowest BCUT2D eigenvalue weighted by atomic mass is 10.1. The Kier molecular flexibility index (Phi) is 6.85. The third-order valence-corrected chi connectivity index (χ3v) is 2.45. The van der Waals surface area contributed by atoms with Crippen LogP contribution in [0.5, 0.6) is 11.5 Å². The van der Waals surface area contributed by atoms with E-state index < -0.39 is 12.2 Å². The maximum atomic E-state index is 10.9. The zero-order valence-electron chi connectivity index (χ0n) is 12.7. The van der Waals surface area contributed by atoms with Crippen LogP contribution in [0.4, 0.5) is 9.59 Å². The maximum absolute atomic E-state index is 10.9. The van der Waals surface area contributed by atoms with E-state index >= 15 is 0 Å². The van der Waals surface area contributed by atoms with Gasteiger partial charge < -0.3 is 19.3 Å². The van der Waals surface area contributed by atoms with E-state index in [9.17, 15) is 14.7 Å². The fraction of sp³-hybridized carbons (Fsp3) is 0.231. The van der Waals surface area contributed by atoms with Gasteiger partial charge in [0.1, 0.15) is 0 Å². The molecule has 0 radical (unpaired) electrons. The van der Waals surface area contributed by atoms with Gasteiger partial charge in [0.15, 0.2) is 11.5 Å². The van der Waals surface area contributed by atoms with Crippen LogP contribution in [-0.4, -0.2) is 51.1 Å². The summed E-state index contributed by atoms with van der Waals surface area (Å²) in [6, 6.07) is 2.99. The zero-order valence-corrected chi connectivity index (χ0v) is 12.7. The molecule has 124 valence electrons. The molecule has 0 aliphatic rings. The number of rotatable bonds is 5. The van der Waals surface area contributed by atoms with Gasteiger partial charge in [0.05, 0.1) is 33.8 Å². The number of hydrogen-bond donors (Lipinski definition) is 3. The Morgan fingerprint density at radius 2 is 1.61 bits per heavy atom. The molecule has 1 rings (SSSR count). The van der Waals surface area contributed by atoms with Crippen molar-refractivity contribution < 1.29 is 28.9 Å². The zero-order chi connectivity index (χ0) is 17.2. The summed E-state index contributed by atoms with van der Waals surface area (Å²) < 4.78 is 13.7. The number of phenols is 1. The number of phenolic OH excluding ortho intramolecular Hbond substituents is 1. The molecule has 3 N–H and O–H groups in total. The highest BCUT2D eigenvalue weighted by atomic mass is 16.5. The number of hydrogen-bond acceptors (Lipinski definition) is 8. The van der Waals surface area contributed by atoms with Crippen LogP contribution in [0.1, 0.15) is 11.1 Å². The molecule has 0 aliphatic heterocycles. The van der Waals surface area contributed by atoms with Crippen LogP contribution >= 0.6 is 0 Å². The van der Waals surface area contributed by atoms with Crippen molar-refractivity contribution in [3.63, 3.8) is 0 Å². The van der Waals surface area contributed by atoms with E-state index in [-0.39, 0.29) is 17.1 Å². The SMILES string of the molecule is COC(=O)NN=Cc1cc(/C=N/NC(=O)OC)c(O)c(OC)c1. The Bertz CT molecular complexity index is 629. The summed E-state index contributed by atoms with van der Waals surface area (Å²) in [6.45, 7) is 0. The highest BCUT2D eigenvalue weighted by Crippen LogP contribution is 2.29. The third-order valence-electron chi connectivity index (χ3n) is 2.45. The molecule has 0 aliphatic carbocycles. The molecule has 1 aromatic rings. The number of amides is 2. The van der Waals surface area contributed by atoms with E-state index in [4.69, 9.17) is 4.74 Å². The minimum Gasteiger partial charge on any atom is -0.504 e. The van der Waals surface area contributed by atoms with Crippen LogP contribution in [0.3, 0.4) is 0 Å². The molecule has 23 heavy (non-hydrogen) atoms. The molecular formula is C13H16N4O6. The normalized spacial score (nSPS) is 10.6. The minimum atomic E-state index is -0.757. The molecule has 0 aromatic heterocycles. The van der Waals surface area contributed by atoms with Crippen LogP contribution in [0.2, 0.25) is 0 Å². The van der Waals surface area contributed by atoms with Crippen molar-refractivity contribution in [1.82, 2.24) is 10.9 Å². The second kappa shape index (κ2) is 8.87. The molecule has 0 bridgehead atoms. The topological polar surface area (TPSA) is 131 Å². The van der Waals surface area contributed by atoms with E-state index in [1.807, 2.05) is 0 Å². The smallest absolute Gasteiger partial charge is 0.427 e. The number of methoxy groups -OCH3 is 3. The average molecular weight is 324 g/mol. The molecule has 0 atom stereocenters. The van der Waals surface area contributed by atoms with Gasteiger partial charge in [-0.1, -0.05) is 0 Å². The molecular weight excluding hydrogens is 308 g/mol. The monoisotopic (exact) mass is 324 g/mol. The lowest BCUT2D eigenvalue weighted by Crippen LogP contribution is -2.17. The Hall–Kier alpha value is -3.30. The van der Waals surface area contributed by atoms with E-state index in [1.165, 1.54) is 45.9 Å². The Morgan fingerprint density at radius 1 is 1.04 bits per heavy atom. The summed E-state index contributed by atoms with van der Waals surface area (Å²) in [7, 11) is 3.77. The first-order valence-corrected chi connectivity index (χ1v) is 6.16. The van der Waals surface area contributed by atoms with Crippen LogP contribution < -0.4 is 15.6 Å². The van der Waals surface area contributed by atoms with E-state index in [2.05, 4.69) is 30.5 Å². The third kappa shape index (κ3) is 5.53. The van der Waals surface area contributed by atoms with E-state index in [0.717, 1.165) is 0 Å². The molecule has 0 saturated heterocycles. The molecule has 10 heteroatoms. The van der Waals surface area contributed by atoms with E-state index in [1.54, 1.807) is 0 Å². The van der Waals surface area contributed by atoms with Gasteiger partial charge >= 0.3 is 12.2 Å².